The van der Waals surface area contributed by atoms with Crippen molar-refractivity contribution >= 4 is 11.7 Å². The topological polar surface area (TPSA) is 96.9 Å². The van der Waals surface area contributed by atoms with Gasteiger partial charge in [-0.1, -0.05) is 11.6 Å². The second kappa shape index (κ2) is 5.63. The van der Waals surface area contributed by atoms with Crippen LogP contribution in [0.4, 0.5) is 0 Å². The fourth-order valence-corrected chi connectivity index (χ4v) is 3.14. The minimum atomic E-state index is -0.118. The summed E-state index contributed by atoms with van der Waals surface area (Å²) in [5.74, 6) is 0.853. The van der Waals surface area contributed by atoms with E-state index in [1.165, 1.54) is 0 Å². The largest absolute Gasteiger partial charge is 0.493 e. The van der Waals surface area contributed by atoms with Gasteiger partial charge in [-0.3, -0.25) is 4.79 Å². The van der Waals surface area contributed by atoms with Crippen molar-refractivity contribution in [2.75, 3.05) is 6.61 Å². The summed E-state index contributed by atoms with van der Waals surface area (Å²) in [6.07, 6.45) is 3.48. The molecular formula is C15H19N3O3. The van der Waals surface area contributed by atoms with Gasteiger partial charge in [0.25, 0.3) is 5.91 Å². The van der Waals surface area contributed by atoms with Gasteiger partial charge in [0.05, 0.1) is 6.61 Å². The summed E-state index contributed by atoms with van der Waals surface area (Å²) >= 11 is 0. The molecule has 2 atom stereocenters. The smallest absolute Gasteiger partial charge is 0.251 e. The second-order valence-electron chi connectivity index (χ2n) is 5.56. The van der Waals surface area contributed by atoms with E-state index in [0.29, 0.717) is 12.2 Å². The minimum absolute atomic E-state index is 0.0714. The Hall–Kier alpha value is -2.24. The molecule has 3 rings (SSSR count). The Balaban J connectivity index is 1.71. The number of nitrogens with zero attached hydrogens (tertiary/aromatic N) is 1. The Morgan fingerprint density at radius 3 is 3.10 bits per heavy atom. The lowest BCUT2D eigenvalue weighted by Gasteiger charge is -2.20. The van der Waals surface area contributed by atoms with E-state index >= 15 is 0 Å². The van der Waals surface area contributed by atoms with Gasteiger partial charge >= 0.3 is 0 Å². The van der Waals surface area contributed by atoms with Crippen molar-refractivity contribution in [2.24, 2.45) is 16.8 Å². The molecule has 1 aromatic rings. The first-order chi connectivity index (χ1) is 10.2. The zero-order valence-corrected chi connectivity index (χ0v) is 11.7. The van der Waals surface area contributed by atoms with Gasteiger partial charge in [0.2, 0.25) is 0 Å². The summed E-state index contributed by atoms with van der Waals surface area (Å²) in [5.41, 5.74) is 7.39. The van der Waals surface area contributed by atoms with Crippen LogP contribution in [0.1, 0.15) is 35.2 Å². The standard InChI is InChI=1S/C15H19N3O3/c16-14(18-20)11-2-1-3-12(11)17-15(19)10-4-5-13-9(8-10)6-7-21-13/h4-5,8,11-12,20H,1-3,6-7H2,(H2,16,18)(H,17,19). The lowest BCUT2D eigenvalue weighted by molar-refractivity contribution is 0.0933. The van der Waals surface area contributed by atoms with Crippen molar-refractivity contribution in [3.05, 3.63) is 29.3 Å². The number of amides is 1. The monoisotopic (exact) mass is 289 g/mol. The van der Waals surface area contributed by atoms with Crippen LogP contribution >= 0.6 is 0 Å². The van der Waals surface area contributed by atoms with E-state index in [1.807, 2.05) is 12.1 Å². The molecule has 6 nitrogen and oxygen atoms in total. The van der Waals surface area contributed by atoms with E-state index in [0.717, 1.165) is 37.0 Å². The maximum absolute atomic E-state index is 12.4. The average molecular weight is 289 g/mol. The average Bonchev–Trinajstić information content (AvgIpc) is 3.14. The molecule has 1 amide bonds. The van der Waals surface area contributed by atoms with Crippen molar-refractivity contribution in [1.82, 2.24) is 5.32 Å². The lowest BCUT2D eigenvalue weighted by Crippen LogP contribution is -2.42. The predicted molar refractivity (Wildman–Crippen MR) is 77.6 cm³/mol. The molecule has 0 bridgehead atoms. The van der Waals surface area contributed by atoms with Crippen LogP contribution in [0.15, 0.2) is 23.4 Å². The van der Waals surface area contributed by atoms with Gasteiger partial charge in [-0.2, -0.15) is 0 Å². The van der Waals surface area contributed by atoms with E-state index in [-0.39, 0.29) is 23.7 Å². The first-order valence-electron chi connectivity index (χ1n) is 7.23. The molecule has 0 saturated heterocycles. The number of ether oxygens (including phenoxy) is 1. The molecule has 2 unspecified atom stereocenters. The molecule has 1 aromatic carbocycles. The van der Waals surface area contributed by atoms with Crippen molar-refractivity contribution in [3.63, 3.8) is 0 Å². The number of hydrogen-bond donors (Lipinski definition) is 3. The molecule has 0 radical (unpaired) electrons. The van der Waals surface area contributed by atoms with Gasteiger partial charge in [-0.25, -0.2) is 0 Å². The highest BCUT2D eigenvalue weighted by atomic mass is 16.5. The number of fused-ring (bicyclic) bond motifs is 1. The number of amidine groups is 1. The van der Waals surface area contributed by atoms with Gasteiger partial charge in [-0.05, 0) is 36.6 Å². The third-order valence-electron chi connectivity index (χ3n) is 4.28. The molecule has 1 fully saturated rings. The highest BCUT2D eigenvalue weighted by Crippen LogP contribution is 2.28. The first kappa shape index (κ1) is 13.7. The molecule has 4 N–H and O–H groups in total. The number of nitrogens with two attached hydrogens (primary N) is 1. The fraction of sp³-hybridized carbons (Fsp3) is 0.467. The number of carbonyl (C=O) groups is 1. The summed E-state index contributed by atoms with van der Waals surface area (Å²) in [6, 6.07) is 5.42. The van der Waals surface area contributed by atoms with Crippen molar-refractivity contribution < 1.29 is 14.7 Å². The number of nitrogens with one attached hydrogen (secondary N) is 1. The van der Waals surface area contributed by atoms with Crippen LogP contribution in [0.5, 0.6) is 5.75 Å². The van der Waals surface area contributed by atoms with Crippen molar-refractivity contribution in [3.8, 4) is 5.75 Å². The molecule has 21 heavy (non-hydrogen) atoms. The molecule has 0 spiro atoms. The molecule has 2 aliphatic rings. The van der Waals surface area contributed by atoms with Crippen molar-refractivity contribution in [2.45, 2.75) is 31.7 Å². The number of carbonyl (C=O) groups excluding carboxylic acids is 1. The van der Waals surface area contributed by atoms with Crippen LogP contribution in [-0.2, 0) is 6.42 Å². The number of rotatable bonds is 3. The second-order valence-corrected chi connectivity index (χ2v) is 5.56. The SMILES string of the molecule is NC(=NO)C1CCCC1NC(=O)c1ccc2c(c1)CCO2. The van der Waals surface area contributed by atoms with E-state index in [4.69, 9.17) is 15.7 Å². The molecule has 1 aliphatic heterocycles. The summed E-state index contributed by atoms with van der Waals surface area (Å²) in [6.45, 7) is 0.675. The minimum Gasteiger partial charge on any atom is -0.493 e. The zero-order chi connectivity index (χ0) is 14.8. The Bertz CT molecular complexity index is 586. The summed E-state index contributed by atoms with van der Waals surface area (Å²) in [7, 11) is 0. The van der Waals surface area contributed by atoms with Gasteiger partial charge in [0.15, 0.2) is 0 Å². The van der Waals surface area contributed by atoms with Crippen molar-refractivity contribution in [1.29, 1.82) is 0 Å². The van der Waals surface area contributed by atoms with Crippen LogP contribution < -0.4 is 15.8 Å². The highest BCUT2D eigenvalue weighted by Gasteiger charge is 2.32. The van der Waals surface area contributed by atoms with E-state index < -0.39 is 0 Å². The van der Waals surface area contributed by atoms with Gasteiger partial charge in [0, 0.05) is 23.9 Å². The van der Waals surface area contributed by atoms with Crippen LogP contribution in [-0.4, -0.2) is 29.6 Å². The third-order valence-corrected chi connectivity index (χ3v) is 4.28. The predicted octanol–water partition coefficient (Wildman–Crippen LogP) is 1.27. The Morgan fingerprint density at radius 2 is 2.29 bits per heavy atom. The van der Waals surface area contributed by atoms with Gasteiger partial charge < -0.3 is 21.0 Å². The number of benzene rings is 1. The first-order valence-corrected chi connectivity index (χ1v) is 7.23. The number of hydrogen-bond acceptors (Lipinski definition) is 4. The molecular weight excluding hydrogens is 270 g/mol. The maximum Gasteiger partial charge on any atom is 0.251 e. The lowest BCUT2D eigenvalue weighted by atomic mass is 10.0. The Kier molecular flexibility index (Phi) is 3.68. The molecule has 1 aliphatic carbocycles. The summed E-state index contributed by atoms with van der Waals surface area (Å²) in [4.78, 5) is 12.4. The van der Waals surface area contributed by atoms with Crippen LogP contribution in [0, 0.1) is 5.92 Å². The van der Waals surface area contributed by atoms with Gasteiger partial charge in [-0.15, -0.1) is 0 Å². The fourth-order valence-electron chi connectivity index (χ4n) is 3.14. The van der Waals surface area contributed by atoms with E-state index in [9.17, 15) is 4.79 Å². The molecule has 0 aromatic heterocycles. The summed E-state index contributed by atoms with van der Waals surface area (Å²) in [5, 5.41) is 14.9. The summed E-state index contributed by atoms with van der Waals surface area (Å²) < 4.78 is 5.44. The van der Waals surface area contributed by atoms with E-state index in [1.54, 1.807) is 6.07 Å². The van der Waals surface area contributed by atoms with Crippen LogP contribution in [0.25, 0.3) is 0 Å². The molecule has 1 heterocycles. The van der Waals surface area contributed by atoms with Gasteiger partial charge in [0.1, 0.15) is 11.6 Å². The quantitative estimate of drug-likeness (QED) is 0.338. The number of oxime groups is 1. The maximum atomic E-state index is 12.4. The molecule has 6 heteroatoms. The Labute approximate surface area is 123 Å². The normalized spacial score (nSPS) is 24.5. The van der Waals surface area contributed by atoms with Crippen LogP contribution in [0.2, 0.25) is 0 Å². The van der Waals surface area contributed by atoms with E-state index in [2.05, 4.69) is 10.5 Å². The van der Waals surface area contributed by atoms with Crippen LogP contribution in [0.3, 0.4) is 0 Å². The molecule has 112 valence electrons. The third kappa shape index (κ3) is 2.66. The Morgan fingerprint density at radius 1 is 1.43 bits per heavy atom. The zero-order valence-electron chi connectivity index (χ0n) is 11.7. The highest BCUT2D eigenvalue weighted by molar-refractivity contribution is 5.95. The molecule has 1 saturated carbocycles.